The smallest absolute Gasteiger partial charge is 0.295 e. The average molecular weight is 433 g/mol. The maximum atomic E-state index is 13.4. The Morgan fingerprint density at radius 2 is 1.70 bits per heavy atom. The lowest BCUT2D eigenvalue weighted by atomic mass is 10.2. The molecule has 1 atom stereocenters. The van der Waals surface area contributed by atoms with Crippen molar-refractivity contribution in [2.24, 2.45) is 7.05 Å². The molecule has 0 aliphatic heterocycles. The first-order valence-electron chi connectivity index (χ1n) is 9.22. The van der Waals surface area contributed by atoms with E-state index in [-0.39, 0.29) is 18.5 Å². The zero-order valence-electron chi connectivity index (χ0n) is 16.6. The van der Waals surface area contributed by atoms with E-state index in [2.05, 4.69) is 0 Å². The Bertz CT molecular complexity index is 1180. The molecular formula is C20H24N4O5S. The number of hydrogen-bond donors (Lipinski definition) is 3. The summed E-state index contributed by atoms with van der Waals surface area (Å²) in [4.78, 5) is 15.0. The van der Waals surface area contributed by atoms with E-state index in [0.29, 0.717) is 28.4 Å². The molecule has 4 N–H and O–H groups in total. The number of para-hydroxylation sites is 1. The average Bonchev–Trinajstić information content (AvgIpc) is 2.92. The third-order valence-electron chi connectivity index (χ3n) is 4.94. The Balaban J connectivity index is 2.12. The van der Waals surface area contributed by atoms with Crippen molar-refractivity contribution in [1.29, 1.82) is 0 Å². The van der Waals surface area contributed by atoms with Crippen LogP contribution in [0, 0.1) is 6.92 Å². The molecule has 0 aliphatic rings. The lowest BCUT2D eigenvalue weighted by Gasteiger charge is -2.24. The van der Waals surface area contributed by atoms with Crippen LogP contribution < -0.4 is 16.2 Å². The number of aliphatic hydroxyl groups excluding tert-OH is 1. The van der Waals surface area contributed by atoms with E-state index in [1.165, 1.54) is 4.68 Å². The number of rotatable bonds is 7. The minimum Gasteiger partial charge on any atom is -0.399 e. The lowest BCUT2D eigenvalue weighted by molar-refractivity contribution is 0.226. The lowest BCUT2D eigenvalue weighted by Crippen LogP contribution is -2.30. The highest BCUT2D eigenvalue weighted by atomic mass is 32.2. The van der Waals surface area contributed by atoms with Crippen LogP contribution in [0.4, 0.5) is 17.1 Å². The number of aromatic nitrogens is 2. The Kier molecular flexibility index (Phi) is 6.01. The zero-order valence-corrected chi connectivity index (χ0v) is 17.5. The van der Waals surface area contributed by atoms with Gasteiger partial charge in [0.2, 0.25) is 0 Å². The summed E-state index contributed by atoms with van der Waals surface area (Å²) in [5.41, 5.74) is 6.27. The predicted octanol–water partition coefficient (Wildman–Crippen LogP) is 1.80. The summed E-state index contributed by atoms with van der Waals surface area (Å²) in [6.45, 7) is 1.75. The Morgan fingerprint density at radius 1 is 1.10 bits per heavy atom. The van der Waals surface area contributed by atoms with Gasteiger partial charge in [-0.1, -0.05) is 18.2 Å². The number of hydrogen-bond acceptors (Lipinski definition) is 6. The van der Waals surface area contributed by atoms with Gasteiger partial charge >= 0.3 is 0 Å². The summed E-state index contributed by atoms with van der Waals surface area (Å²) < 4.78 is 34.8. The number of anilines is 3. The molecule has 0 saturated heterocycles. The van der Waals surface area contributed by atoms with Crippen LogP contribution in [0.25, 0.3) is 5.69 Å². The number of nitrogens with zero attached hydrogens (tertiary/aromatic N) is 3. The van der Waals surface area contributed by atoms with E-state index in [1.54, 1.807) is 60.0 Å². The minimum atomic E-state index is -4.62. The van der Waals surface area contributed by atoms with Gasteiger partial charge in [0, 0.05) is 31.4 Å². The summed E-state index contributed by atoms with van der Waals surface area (Å²) in [6.07, 6.45) is -0.303. The summed E-state index contributed by atoms with van der Waals surface area (Å²) >= 11 is 0. The van der Waals surface area contributed by atoms with Crippen LogP contribution in [0.2, 0.25) is 0 Å². The van der Waals surface area contributed by atoms with Crippen LogP contribution in [0.5, 0.6) is 0 Å². The number of nitrogens with two attached hydrogens (primary N) is 1. The molecule has 10 heteroatoms. The van der Waals surface area contributed by atoms with Gasteiger partial charge in [0.15, 0.2) is 5.44 Å². The summed E-state index contributed by atoms with van der Waals surface area (Å²) in [7, 11) is -2.86. The van der Waals surface area contributed by atoms with Crippen molar-refractivity contribution >= 4 is 27.2 Å². The molecule has 0 saturated carbocycles. The molecule has 3 rings (SSSR count). The molecule has 0 spiro atoms. The molecule has 2 aromatic carbocycles. The van der Waals surface area contributed by atoms with E-state index in [4.69, 9.17) is 10.3 Å². The van der Waals surface area contributed by atoms with Gasteiger partial charge in [-0.05, 0) is 43.3 Å². The fraction of sp³-hybridized carbons (Fsp3) is 0.250. The van der Waals surface area contributed by atoms with Crippen molar-refractivity contribution in [3.05, 3.63) is 70.6 Å². The van der Waals surface area contributed by atoms with Gasteiger partial charge in [-0.25, -0.2) is 4.68 Å². The van der Waals surface area contributed by atoms with Crippen LogP contribution in [0.1, 0.15) is 12.1 Å². The summed E-state index contributed by atoms with van der Waals surface area (Å²) in [6, 6.07) is 15.8. The molecule has 3 aromatic rings. The van der Waals surface area contributed by atoms with Crippen LogP contribution >= 0.6 is 0 Å². The van der Waals surface area contributed by atoms with Crippen molar-refractivity contribution in [3.8, 4) is 5.69 Å². The molecule has 1 aromatic heterocycles. The van der Waals surface area contributed by atoms with Crippen molar-refractivity contribution in [1.82, 2.24) is 9.36 Å². The first-order valence-corrected chi connectivity index (χ1v) is 10.7. The predicted molar refractivity (Wildman–Crippen MR) is 116 cm³/mol. The van der Waals surface area contributed by atoms with Gasteiger partial charge in [0.1, 0.15) is 5.69 Å². The van der Waals surface area contributed by atoms with E-state index >= 15 is 0 Å². The third kappa shape index (κ3) is 4.25. The highest BCUT2D eigenvalue weighted by Crippen LogP contribution is 2.28. The normalized spacial score (nSPS) is 12.7. The van der Waals surface area contributed by atoms with Crippen LogP contribution in [0.3, 0.4) is 0 Å². The molecule has 0 amide bonds. The first kappa shape index (κ1) is 21.6. The van der Waals surface area contributed by atoms with Gasteiger partial charge in [-0.15, -0.1) is 0 Å². The first-order chi connectivity index (χ1) is 14.1. The van der Waals surface area contributed by atoms with Crippen molar-refractivity contribution in [2.45, 2.75) is 18.8 Å². The van der Waals surface area contributed by atoms with Crippen molar-refractivity contribution in [2.75, 3.05) is 17.2 Å². The highest BCUT2D eigenvalue weighted by Gasteiger charge is 2.26. The fourth-order valence-electron chi connectivity index (χ4n) is 3.28. The zero-order chi connectivity index (χ0) is 22.1. The van der Waals surface area contributed by atoms with Crippen LogP contribution in [0.15, 0.2) is 59.4 Å². The van der Waals surface area contributed by atoms with Crippen molar-refractivity contribution < 1.29 is 18.1 Å². The summed E-state index contributed by atoms with van der Waals surface area (Å²) in [5, 5.41) is 9.78. The molecule has 9 nitrogen and oxygen atoms in total. The molecule has 0 bridgehead atoms. The monoisotopic (exact) mass is 432 g/mol. The molecule has 1 unspecified atom stereocenters. The van der Waals surface area contributed by atoms with Gasteiger partial charge < -0.3 is 15.7 Å². The Hall–Kier alpha value is -3.08. The quantitative estimate of drug-likeness (QED) is 0.383. The number of benzene rings is 2. The second kappa shape index (κ2) is 8.34. The largest absolute Gasteiger partial charge is 0.399 e. The van der Waals surface area contributed by atoms with E-state index in [1.807, 2.05) is 18.2 Å². The molecule has 160 valence electrons. The van der Waals surface area contributed by atoms with Crippen LogP contribution in [-0.4, -0.2) is 39.4 Å². The van der Waals surface area contributed by atoms with E-state index in [0.717, 1.165) is 0 Å². The molecule has 1 heterocycles. The Morgan fingerprint density at radius 3 is 2.27 bits per heavy atom. The van der Waals surface area contributed by atoms with E-state index in [9.17, 15) is 18.3 Å². The molecule has 0 fully saturated rings. The Labute approximate surface area is 174 Å². The van der Waals surface area contributed by atoms with Gasteiger partial charge in [0.05, 0.1) is 11.4 Å². The maximum absolute atomic E-state index is 13.4. The summed E-state index contributed by atoms with van der Waals surface area (Å²) in [5.74, 6) is 0. The SMILES string of the molecule is Cc1c(N(CCC(O)S(=O)(=O)O)c2ccc(N)cc2)c(=O)n(-c2ccccc2)n1C. The molecule has 0 radical (unpaired) electrons. The highest BCUT2D eigenvalue weighted by molar-refractivity contribution is 7.86. The number of aliphatic hydroxyl groups is 1. The molecule has 30 heavy (non-hydrogen) atoms. The second-order valence-electron chi connectivity index (χ2n) is 6.91. The standard InChI is InChI=1S/C20H24N4O5S/c1-14-19(20(26)24(22(14)2)17-6-4-3-5-7-17)23(13-12-18(25)30(27,28)29)16-10-8-15(21)9-11-16/h3-11,18,25H,12-13,21H2,1-2H3,(H,27,28,29). The second-order valence-corrected chi connectivity index (χ2v) is 8.49. The van der Waals surface area contributed by atoms with Crippen molar-refractivity contribution in [3.63, 3.8) is 0 Å². The van der Waals surface area contributed by atoms with Gasteiger partial charge in [0.25, 0.3) is 15.7 Å². The minimum absolute atomic E-state index is 0.0280. The molecule has 0 aliphatic carbocycles. The van der Waals surface area contributed by atoms with Gasteiger partial charge in [-0.2, -0.15) is 8.42 Å². The van der Waals surface area contributed by atoms with Crippen LogP contribution in [-0.2, 0) is 17.2 Å². The van der Waals surface area contributed by atoms with E-state index < -0.39 is 15.6 Å². The molecular weight excluding hydrogens is 408 g/mol. The fourth-order valence-corrected chi connectivity index (χ4v) is 3.68. The number of nitrogen functional groups attached to an aromatic ring is 1. The maximum Gasteiger partial charge on any atom is 0.295 e. The topological polar surface area (TPSA) is 131 Å². The van der Waals surface area contributed by atoms with Gasteiger partial charge in [-0.3, -0.25) is 14.0 Å². The third-order valence-corrected chi connectivity index (χ3v) is 5.87.